The normalized spacial score (nSPS) is 22.5. The summed E-state index contributed by atoms with van der Waals surface area (Å²) in [6.07, 6.45) is 7.86. The number of anilines is 1. The Morgan fingerprint density at radius 2 is 2.05 bits per heavy atom. The van der Waals surface area contributed by atoms with Crippen molar-refractivity contribution in [1.82, 2.24) is 0 Å². The second kappa shape index (κ2) is 7.41. The molecule has 1 aromatic rings. The molecule has 3 N–H and O–H groups in total. The monoisotopic (exact) mass is 354 g/mol. The van der Waals surface area contributed by atoms with E-state index in [9.17, 15) is 0 Å². The van der Waals surface area contributed by atoms with Crippen LogP contribution in [0.4, 0.5) is 5.69 Å². The summed E-state index contributed by atoms with van der Waals surface area (Å²) in [6, 6.07) is 6.65. The number of nitrogens with two attached hydrogens (primary N) is 1. The molecule has 0 amide bonds. The number of thiocarbonyl (C=S) groups is 1. The van der Waals surface area contributed by atoms with Crippen LogP contribution >= 0.6 is 28.1 Å². The molecule has 1 aliphatic carbocycles. The lowest BCUT2D eigenvalue weighted by molar-refractivity contribution is 0.319. The molecule has 0 saturated heterocycles. The molecular weight excluding hydrogens is 332 g/mol. The maximum Gasteiger partial charge on any atom is 0.106 e. The van der Waals surface area contributed by atoms with Gasteiger partial charge in [-0.2, -0.15) is 0 Å². The Kier molecular flexibility index (Phi) is 5.85. The van der Waals surface area contributed by atoms with Gasteiger partial charge in [-0.15, -0.1) is 0 Å². The third kappa shape index (κ3) is 4.19. The molecule has 0 atom stereocenters. The van der Waals surface area contributed by atoms with Gasteiger partial charge in [0.2, 0.25) is 0 Å². The van der Waals surface area contributed by atoms with Crippen molar-refractivity contribution < 1.29 is 0 Å². The summed E-state index contributed by atoms with van der Waals surface area (Å²) in [7, 11) is 0. The summed E-state index contributed by atoms with van der Waals surface area (Å²) in [5, 5.41) is 3.63. The van der Waals surface area contributed by atoms with Gasteiger partial charge in [-0.1, -0.05) is 47.9 Å². The van der Waals surface area contributed by atoms with Gasteiger partial charge in [-0.25, -0.2) is 0 Å². The van der Waals surface area contributed by atoms with Crippen LogP contribution < -0.4 is 11.1 Å². The highest BCUT2D eigenvalue weighted by Crippen LogP contribution is 2.30. The van der Waals surface area contributed by atoms with E-state index < -0.39 is 0 Å². The van der Waals surface area contributed by atoms with E-state index in [0.717, 1.165) is 21.6 Å². The Hall–Kier alpha value is -0.610. The minimum Gasteiger partial charge on any atom is -0.389 e. The fourth-order valence-corrected chi connectivity index (χ4v) is 3.60. The van der Waals surface area contributed by atoms with Crippen molar-refractivity contribution in [3.63, 3.8) is 0 Å². The van der Waals surface area contributed by atoms with Crippen molar-refractivity contribution in [1.29, 1.82) is 0 Å². The molecule has 0 unspecified atom stereocenters. The van der Waals surface area contributed by atoms with Crippen LogP contribution in [-0.2, 0) is 0 Å². The van der Waals surface area contributed by atoms with Crippen LogP contribution in [0.25, 0.3) is 0 Å². The van der Waals surface area contributed by atoms with Crippen molar-refractivity contribution in [2.45, 2.75) is 51.5 Å². The van der Waals surface area contributed by atoms with E-state index in [1.165, 1.54) is 38.5 Å². The van der Waals surface area contributed by atoms with Crippen LogP contribution in [0, 0.1) is 5.92 Å². The summed E-state index contributed by atoms with van der Waals surface area (Å²) < 4.78 is 1.01. The fourth-order valence-electron chi connectivity index (χ4n) is 3.07. The highest BCUT2D eigenvalue weighted by molar-refractivity contribution is 9.10. The molecule has 0 aliphatic heterocycles. The molecule has 4 heteroatoms. The molecule has 0 aromatic heterocycles. The Balaban J connectivity index is 1.99. The van der Waals surface area contributed by atoms with Crippen LogP contribution in [0.3, 0.4) is 0 Å². The van der Waals surface area contributed by atoms with Crippen molar-refractivity contribution >= 4 is 38.8 Å². The molecule has 0 radical (unpaired) electrons. The summed E-state index contributed by atoms with van der Waals surface area (Å²) in [5.74, 6) is 0.929. The molecule has 0 bridgehead atoms. The molecule has 2 nitrogen and oxygen atoms in total. The lowest BCUT2D eigenvalue weighted by atomic mass is 9.83. The molecule has 1 fully saturated rings. The minimum absolute atomic E-state index is 0.452. The second-order valence-corrected chi connectivity index (χ2v) is 7.06. The van der Waals surface area contributed by atoms with E-state index in [2.05, 4.69) is 34.2 Å². The summed E-state index contributed by atoms with van der Waals surface area (Å²) in [5.41, 5.74) is 7.83. The number of benzene rings is 1. The van der Waals surface area contributed by atoms with Gasteiger partial charge in [0.25, 0.3) is 0 Å². The number of rotatable bonds is 5. The zero-order valence-corrected chi connectivity index (χ0v) is 14.4. The van der Waals surface area contributed by atoms with Crippen molar-refractivity contribution in [3.05, 3.63) is 28.2 Å². The first-order valence-electron chi connectivity index (χ1n) is 7.46. The zero-order valence-electron chi connectivity index (χ0n) is 12.0. The predicted molar refractivity (Wildman–Crippen MR) is 94.3 cm³/mol. The average Bonchev–Trinajstić information content (AvgIpc) is 2.43. The Labute approximate surface area is 135 Å². The summed E-state index contributed by atoms with van der Waals surface area (Å²) in [4.78, 5) is 0.452. The average molecular weight is 355 g/mol. The Bertz CT molecular complexity index is 468. The molecule has 20 heavy (non-hydrogen) atoms. The third-order valence-electron chi connectivity index (χ3n) is 4.15. The SMILES string of the molecule is CCCC1CCC(Nc2ccc(Br)cc2C(N)=S)CC1. The highest BCUT2D eigenvalue weighted by Gasteiger charge is 2.21. The maximum absolute atomic E-state index is 5.82. The Morgan fingerprint density at radius 1 is 1.35 bits per heavy atom. The standard InChI is InChI=1S/C16H23BrN2S/c1-2-3-11-4-7-13(8-5-11)19-15-9-6-12(17)10-14(15)16(18)20/h6,9-11,13,19H,2-5,7-8H2,1H3,(H2,18,20). The molecule has 1 saturated carbocycles. The smallest absolute Gasteiger partial charge is 0.106 e. The first kappa shape index (κ1) is 15.8. The fraction of sp³-hybridized carbons (Fsp3) is 0.562. The van der Waals surface area contributed by atoms with Crippen LogP contribution in [-0.4, -0.2) is 11.0 Å². The highest BCUT2D eigenvalue weighted by atomic mass is 79.9. The lowest BCUT2D eigenvalue weighted by Gasteiger charge is -2.30. The number of hydrogen-bond donors (Lipinski definition) is 2. The van der Waals surface area contributed by atoms with E-state index in [4.69, 9.17) is 18.0 Å². The number of halogens is 1. The van der Waals surface area contributed by atoms with Crippen LogP contribution in [0.2, 0.25) is 0 Å². The first-order chi connectivity index (χ1) is 9.60. The molecule has 0 heterocycles. The van der Waals surface area contributed by atoms with Gasteiger partial charge >= 0.3 is 0 Å². The largest absolute Gasteiger partial charge is 0.389 e. The van der Waals surface area contributed by atoms with Gasteiger partial charge in [0.05, 0.1) is 0 Å². The van der Waals surface area contributed by atoms with E-state index in [1.807, 2.05) is 12.1 Å². The topological polar surface area (TPSA) is 38.0 Å². The molecule has 1 aliphatic rings. The lowest BCUT2D eigenvalue weighted by Crippen LogP contribution is -2.27. The molecule has 1 aromatic carbocycles. The second-order valence-electron chi connectivity index (χ2n) is 5.70. The zero-order chi connectivity index (χ0) is 14.5. The minimum atomic E-state index is 0.452. The van der Waals surface area contributed by atoms with Gasteiger partial charge < -0.3 is 11.1 Å². The molecule has 0 spiro atoms. The van der Waals surface area contributed by atoms with Gasteiger partial charge in [0.15, 0.2) is 0 Å². The van der Waals surface area contributed by atoms with Gasteiger partial charge in [0, 0.05) is 21.8 Å². The van der Waals surface area contributed by atoms with E-state index in [1.54, 1.807) is 0 Å². The molecule has 2 rings (SSSR count). The van der Waals surface area contributed by atoms with Gasteiger partial charge in [-0.3, -0.25) is 0 Å². The van der Waals surface area contributed by atoms with Gasteiger partial charge in [0.1, 0.15) is 4.99 Å². The summed E-state index contributed by atoms with van der Waals surface area (Å²) >= 11 is 8.62. The Morgan fingerprint density at radius 3 is 2.65 bits per heavy atom. The van der Waals surface area contributed by atoms with Crippen molar-refractivity contribution in [2.75, 3.05) is 5.32 Å². The summed E-state index contributed by atoms with van der Waals surface area (Å²) in [6.45, 7) is 2.28. The number of hydrogen-bond acceptors (Lipinski definition) is 2. The third-order valence-corrected chi connectivity index (χ3v) is 4.86. The van der Waals surface area contributed by atoms with Crippen molar-refractivity contribution in [2.24, 2.45) is 11.7 Å². The van der Waals surface area contributed by atoms with Crippen molar-refractivity contribution in [3.8, 4) is 0 Å². The predicted octanol–water partition coefficient (Wildman–Crippen LogP) is 4.85. The van der Waals surface area contributed by atoms with E-state index in [-0.39, 0.29) is 0 Å². The quantitative estimate of drug-likeness (QED) is 0.741. The van der Waals surface area contributed by atoms with E-state index >= 15 is 0 Å². The molecular formula is C16H23BrN2S. The van der Waals surface area contributed by atoms with E-state index in [0.29, 0.717) is 11.0 Å². The van der Waals surface area contributed by atoms with Crippen LogP contribution in [0.1, 0.15) is 51.0 Å². The van der Waals surface area contributed by atoms with Crippen LogP contribution in [0.15, 0.2) is 22.7 Å². The number of nitrogens with one attached hydrogen (secondary N) is 1. The van der Waals surface area contributed by atoms with Crippen LogP contribution in [0.5, 0.6) is 0 Å². The molecule has 110 valence electrons. The van der Waals surface area contributed by atoms with Gasteiger partial charge in [-0.05, 0) is 49.8 Å². The maximum atomic E-state index is 5.82. The first-order valence-corrected chi connectivity index (χ1v) is 8.66.